The molecule has 3 N–H and O–H groups in total. The molecule has 0 aromatic heterocycles. The highest BCUT2D eigenvalue weighted by atomic mass is 16.5. The summed E-state index contributed by atoms with van der Waals surface area (Å²) >= 11 is 0. The molecule has 90 valence electrons. The van der Waals surface area contributed by atoms with E-state index >= 15 is 0 Å². The van der Waals surface area contributed by atoms with Crippen LogP contribution in [0.3, 0.4) is 0 Å². The van der Waals surface area contributed by atoms with Crippen molar-refractivity contribution in [2.75, 3.05) is 20.3 Å². The van der Waals surface area contributed by atoms with Crippen molar-refractivity contribution in [2.24, 2.45) is 5.73 Å². The SMILES string of the molecule is CCCC(N)CC(=O)NCCCCOC. The maximum atomic E-state index is 11.3. The predicted molar refractivity (Wildman–Crippen MR) is 61.6 cm³/mol. The smallest absolute Gasteiger partial charge is 0.221 e. The first kappa shape index (κ1) is 14.4. The van der Waals surface area contributed by atoms with Crippen molar-refractivity contribution in [2.45, 2.75) is 45.1 Å². The lowest BCUT2D eigenvalue weighted by Crippen LogP contribution is -2.32. The third-order valence-corrected chi connectivity index (χ3v) is 2.20. The van der Waals surface area contributed by atoms with Crippen LogP contribution in [-0.2, 0) is 9.53 Å². The van der Waals surface area contributed by atoms with Crippen LogP contribution in [0.25, 0.3) is 0 Å². The van der Waals surface area contributed by atoms with Crippen LogP contribution in [0, 0.1) is 0 Å². The summed E-state index contributed by atoms with van der Waals surface area (Å²) in [6.45, 7) is 3.55. The van der Waals surface area contributed by atoms with Gasteiger partial charge in [-0.05, 0) is 19.3 Å². The van der Waals surface area contributed by atoms with Gasteiger partial charge < -0.3 is 15.8 Å². The Morgan fingerprint density at radius 3 is 2.80 bits per heavy atom. The Labute approximate surface area is 92.6 Å². The van der Waals surface area contributed by atoms with Gasteiger partial charge in [0.25, 0.3) is 0 Å². The van der Waals surface area contributed by atoms with Crippen molar-refractivity contribution in [1.82, 2.24) is 5.32 Å². The molecule has 4 nitrogen and oxygen atoms in total. The molecule has 1 amide bonds. The first-order valence-corrected chi connectivity index (χ1v) is 5.72. The highest BCUT2D eigenvalue weighted by molar-refractivity contribution is 5.76. The van der Waals surface area contributed by atoms with Crippen molar-refractivity contribution in [1.29, 1.82) is 0 Å². The number of hydrogen-bond acceptors (Lipinski definition) is 3. The Morgan fingerprint density at radius 1 is 1.47 bits per heavy atom. The molecule has 0 saturated carbocycles. The van der Waals surface area contributed by atoms with Crippen LogP contribution in [0.15, 0.2) is 0 Å². The molecule has 0 aliphatic carbocycles. The molecule has 0 aliphatic heterocycles. The van der Waals surface area contributed by atoms with E-state index in [1.165, 1.54) is 0 Å². The first-order valence-electron chi connectivity index (χ1n) is 5.72. The molecule has 0 saturated heterocycles. The Balaban J connectivity index is 3.32. The summed E-state index contributed by atoms with van der Waals surface area (Å²) in [5.41, 5.74) is 5.76. The summed E-state index contributed by atoms with van der Waals surface area (Å²) in [6, 6.07) is 0.00831. The maximum Gasteiger partial charge on any atom is 0.221 e. The molecular formula is C11H24N2O2. The second kappa shape index (κ2) is 9.93. The van der Waals surface area contributed by atoms with E-state index in [0.29, 0.717) is 6.42 Å². The molecular weight excluding hydrogens is 192 g/mol. The third-order valence-electron chi connectivity index (χ3n) is 2.20. The van der Waals surface area contributed by atoms with Gasteiger partial charge in [-0.2, -0.15) is 0 Å². The van der Waals surface area contributed by atoms with Gasteiger partial charge in [0.1, 0.15) is 0 Å². The van der Waals surface area contributed by atoms with Crippen LogP contribution in [0.2, 0.25) is 0 Å². The van der Waals surface area contributed by atoms with Gasteiger partial charge in [-0.25, -0.2) is 0 Å². The molecule has 0 radical (unpaired) electrons. The van der Waals surface area contributed by atoms with E-state index in [4.69, 9.17) is 10.5 Å². The van der Waals surface area contributed by atoms with Crippen molar-refractivity contribution >= 4 is 5.91 Å². The zero-order chi connectivity index (χ0) is 11.5. The molecule has 0 aliphatic rings. The van der Waals surface area contributed by atoms with Crippen LogP contribution < -0.4 is 11.1 Å². The van der Waals surface area contributed by atoms with Crippen molar-refractivity contribution in [3.8, 4) is 0 Å². The molecule has 1 atom stereocenters. The maximum absolute atomic E-state index is 11.3. The minimum absolute atomic E-state index is 0.00831. The van der Waals surface area contributed by atoms with E-state index in [-0.39, 0.29) is 11.9 Å². The van der Waals surface area contributed by atoms with E-state index in [2.05, 4.69) is 12.2 Å². The number of nitrogens with two attached hydrogens (primary N) is 1. The molecule has 0 aromatic rings. The number of carbonyl (C=O) groups excluding carboxylic acids is 1. The molecule has 0 heterocycles. The van der Waals surface area contributed by atoms with Crippen LogP contribution >= 0.6 is 0 Å². The topological polar surface area (TPSA) is 64.4 Å². The van der Waals surface area contributed by atoms with Gasteiger partial charge in [0, 0.05) is 32.7 Å². The van der Waals surface area contributed by atoms with E-state index < -0.39 is 0 Å². The zero-order valence-electron chi connectivity index (χ0n) is 9.92. The zero-order valence-corrected chi connectivity index (χ0v) is 9.92. The fourth-order valence-corrected chi connectivity index (χ4v) is 1.38. The summed E-state index contributed by atoms with van der Waals surface area (Å²) in [6.07, 6.45) is 4.33. The van der Waals surface area contributed by atoms with Crippen molar-refractivity contribution in [3.63, 3.8) is 0 Å². The monoisotopic (exact) mass is 216 g/mol. The van der Waals surface area contributed by atoms with Crippen molar-refractivity contribution in [3.05, 3.63) is 0 Å². The minimum atomic E-state index is 0.00831. The molecule has 15 heavy (non-hydrogen) atoms. The van der Waals surface area contributed by atoms with Gasteiger partial charge in [-0.1, -0.05) is 13.3 Å². The summed E-state index contributed by atoms with van der Waals surface area (Å²) < 4.78 is 4.91. The Kier molecular flexibility index (Phi) is 9.52. The second-order valence-corrected chi connectivity index (χ2v) is 3.80. The first-order chi connectivity index (χ1) is 7.20. The van der Waals surface area contributed by atoms with E-state index in [9.17, 15) is 4.79 Å². The lowest BCUT2D eigenvalue weighted by molar-refractivity contribution is -0.121. The summed E-state index contributed by atoms with van der Waals surface area (Å²) in [4.78, 5) is 11.3. The normalized spacial score (nSPS) is 12.5. The minimum Gasteiger partial charge on any atom is -0.385 e. The van der Waals surface area contributed by atoms with Crippen LogP contribution in [-0.4, -0.2) is 32.2 Å². The van der Waals surface area contributed by atoms with Crippen LogP contribution in [0.1, 0.15) is 39.0 Å². The lowest BCUT2D eigenvalue weighted by Gasteiger charge is -2.10. The molecule has 0 aromatic carbocycles. The van der Waals surface area contributed by atoms with Gasteiger partial charge in [0.05, 0.1) is 0 Å². The van der Waals surface area contributed by atoms with Gasteiger partial charge in [-0.15, -0.1) is 0 Å². The Bertz CT molecular complexity index is 163. The fraction of sp³-hybridized carbons (Fsp3) is 0.909. The largest absolute Gasteiger partial charge is 0.385 e. The summed E-state index contributed by atoms with van der Waals surface area (Å²) in [5, 5.41) is 2.86. The van der Waals surface area contributed by atoms with E-state index in [1.54, 1.807) is 7.11 Å². The van der Waals surface area contributed by atoms with E-state index in [1.807, 2.05) is 0 Å². The number of rotatable bonds is 9. The summed E-state index contributed by atoms with van der Waals surface area (Å²) in [5.74, 6) is 0.0633. The number of unbranched alkanes of at least 4 members (excludes halogenated alkanes) is 1. The molecule has 0 bridgehead atoms. The summed E-state index contributed by atoms with van der Waals surface area (Å²) in [7, 11) is 1.68. The number of ether oxygens (including phenoxy) is 1. The number of amides is 1. The number of methoxy groups -OCH3 is 1. The molecule has 1 unspecified atom stereocenters. The predicted octanol–water partition coefficient (Wildman–Crippen LogP) is 1.05. The standard InChI is InChI=1S/C11H24N2O2/c1-3-6-10(12)9-11(14)13-7-4-5-8-15-2/h10H,3-9,12H2,1-2H3,(H,13,14). The Morgan fingerprint density at radius 2 is 2.20 bits per heavy atom. The van der Waals surface area contributed by atoms with Gasteiger partial charge in [-0.3, -0.25) is 4.79 Å². The van der Waals surface area contributed by atoms with Crippen LogP contribution in [0.4, 0.5) is 0 Å². The average molecular weight is 216 g/mol. The molecule has 0 spiro atoms. The van der Waals surface area contributed by atoms with Gasteiger partial charge in [0.15, 0.2) is 0 Å². The molecule has 0 fully saturated rings. The van der Waals surface area contributed by atoms with E-state index in [0.717, 1.165) is 38.8 Å². The van der Waals surface area contributed by atoms with Crippen molar-refractivity contribution < 1.29 is 9.53 Å². The van der Waals surface area contributed by atoms with Crippen LogP contribution in [0.5, 0.6) is 0 Å². The lowest BCUT2D eigenvalue weighted by atomic mass is 10.1. The molecule has 0 rings (SSSR count). The van der Waals surface area contributed by atoms with Gasteiger partial charge >= 0.3 is 0 Å². The number of carbonyl (C=O) groups is 1. The Hall–Kier alpha value is -0.610. The second-order valence-electron chi connectivity index (χ2n) is 3.80. The highest BCUT2D eigenvalue weighted by Gasteiger charge is 2.07. The number of hydrogen-bond donors (Lipinski definition) is 2. The molecule has 4 heteroatoms. The fourth-order valence-electron chi connectivity index (χ4n) is 1.38. The quantitative estimate of drug-likeness (QED) is 0.566. The average Bonchev–Trinajstić information content (AvgIpc) is 2.17. The third kappa shape index (κ3) is 9.69. The highest BCUT2D eigenvalue weighted by Crippen LogP contribution is 1.98. The number of nitrogens with one attached hydrogen (secondary N) is 1. The van der Waals surface area contributed by atoms with Gasteiger partial charge in [0.2, 0.25) is 5.91 Å².